The molecule has 1 aromatic carbocycles. The molecule has 0 aliphatic heterocycles. The molecule has 1 N–H and O–H groups in total. The molecule has 0 aliphatic carbocycles. The Balaban J connectivity index is 2.01. The molecular formula is C12H15N3O3S. The number of benzene rings is 1. The largest absolute Gasteiger partial charge is 0.343 e. The summed E-state index contributed by atoms with van der Waals surface area (Å²) in [5.74, 6) is 0.583. The lowest BCUT2D eigenvalue weighted by atomic mass is 10.1. The van der Waals surface area contributed by atoms with Gasteiger partial charge in [0.2, 0.25) is 6.39 Å². The van der Waals surface area contributed by atoms with Crippen molar-refractivity contribution in [3.05, 3.63) is 42.0 Å². The lowest BCUT2D eigenvalue weighted by Crippen LogP contribution is -2.18. The van der Waals surface area contributed by atoms with Crippen molar-refractivity contribution >= 4 is 9.84 Å². The zero-order chi connectivity index (χ0) is 13.9. The van der Waals surface area contributed by atoms with Gasteiger partial charge in [-0.1, -0.05) is 17.3 Å². The van der Waals surface area contributed by atoms with Crippen LogP contribution in [0.3, 0.4) is 0 Å². The second-order valence-electron chi connectivity index (χ2n) is 4.29. The molecule has 1 aromatic heterocycles. The highest BCUT2D eigenvalue weighted by Gasteiger charge is 2.10. The van der Waals surface area contributed by atoms with Crippen LogP contribution in [0.25, 0.3) is 0 Å². The van der Waals surface area contributed by atoms with Gasteiger partial charge in [0.05, 0.1) is 11.4 Å². The third-order valence-corrected chi connectivity index (χ3v) is 3.91. The van der Waals surface area contributed by atoms with Crippen LogP contribution in [-0.2, 0) is 16.4 Å². The number of nitrogens with zero attached hydrogens (tertiary/aromatic N) is 2. The topological polar surface area (TPSA) is 85.1 Å². The zero-order valence-electron chi connectivity index (χ0n) is 10.7. The SMILES string of the molecule is CC(NCc1ncon1)c1ccc(S(C)(=O)=O)cc1. The Bertz CT molecular complexity index is 621. The fraction of sp³-hybridized carbons (Fsp3) is 0.333. The molecule has 1 atom stereocenters. The van der Waals surface area contributed by atoms with Crippen molar-refractivity contribution in [3.63, 3.8) is 0 Å². The van der Waals surface area contributed by atoms with E-state index in [9.17, 15) is 8.42 Å². The lowest BCUT2D eigenvalue weighted by Gasteiger charge is -2.13. The van der Waals surface area contributed by atoms with E-state index in [1.54, 1.807) is 24.3 Å². The van der Waals surface area contributed by atoms with E-state index in [1.807, 2.05) is 6.92 Å². The number of nitrogens with one attached hydrogen (secondary N) is 1. The predicted octanol–water partition coefficient (Wildman–Crippen LogP) is 1.32. The summed E-state index contributed by atoms with van der Waals surface area (Å²) in [5, 5.41) is 6.93. The highest BCUT2D eigenvalue weighted by molar-refractivity contribution is 7.90. The summed E-state index contributed by atoms with van der Waals surface area (Å²) in [7, 11) is -3.15. The van der Waals surface area contributed by atoms with E-state index in [4.69, 9.17) is 0 Å². The van der Waals surface area contributed by atoms with Crippen LogP contribution < -0.4 is 5.32 Å². The molecule has 19 heavy (non-hydrogen) atoms. The molecular weight excluding hydrogens is 266 g/mol. The van der Waals surface area contributed by atoms with Gasteiger partial charge in [0.25, 0.3) is 0 Å². The van der Waals surface area contributed by atoms with Crippen molar-refractivity contribution in [1.29, 1.82) is 0 Å². The Labute approximate surface area is 111 Å². The second kappa shape index (κ2) is 5.50. The van der Waals surface area contributed by atoms with Crippen molar-refractivity contribution in [2.24, 2.45) is 0 Å². The first-order valence-corrected chi connectivity index (χ1v) is 7.64. The molecule has 6 nitrogen and oxygen atoms in total. The van der Waals surface area contributed by atoms with Gasteiger partial charge in [-0.3, -0.25) is 0 Å². The molecule has 0 saturated carbocycles. The normalized spacial score (nSPS) is 13.4. The highest BCUT2D eigenvalue weighted by Crippen LogP contribution is 2.16. The number of aromatic nitrogens is 2. The number of hydrogen-bond donors (Lipinski definition) is 1. The van der Waals surface area contributed by atoms with E-state index in [0.29, 0.717) is 17.3 Å². The maximum Gasteiger partial charge on any atom is 0.213 e. The van der Waals surface area contributed by atoms with E-state index in [2.05, 4.69) is 20.0 Å². The van der Waals surface area contributed by atoms with Crippen molar-refractivity contribution in [1.82, 2.24) is 15.5 Å². The van der Waals surface area contributed by atoms with Crippen molar-refractivity contribution in [3.8, 4) is 0 Å². The van der Waals surface area contributed by atoms with Crippen LogP contribution in [-0.4, -0.2) is 24.8 Å². The molecule has 1 heterocycles. The summed E-state index contributed by atoms with van der Waals surface area (Å²) in [4.78, 5) is 4.23. The third kappa shape index (κ3) is 3.62. The summed E-state index contributed by atoms with van der Waals surface area (Å²) in [6.07, 6.45) is 2.47. The van der Waals surface area contributed by atoms with Crippen molar-refractivity contribution < 1.29 is 12.9 Å². The molecule has 0 saturated heterocycles. The summed E-state index contributed by atoms with van der Waals surface area (Å²) in [6.45, 7) is 2.47. The lowest BCUT2D eigenvalue weighted by molar-refractivity contribution is 0.405. The van der Waals surface area contributed by atoms with E-state index in [1.165, 1.54) is 12.6 Å². The smallest absolute Gasteiger partial charge is 0.213 e. The van der Waals surface area contributed by atoms with Crippen LogP contribution in [0.2, 0.25) is 0 Å². The molecule has 2 rings (SSSR count). The maximum atomic E-state index is 11.4. The fourth-order valence-electron chi connectivity index (χ4n) is 1.64. The van der Waals surface area contributed by atoms with Crippen molar-refractivity contribution in [2.75, 3.05) is 6.26 Å². The predicted molar refractivity (Wildman–Crippen MR) is 69.1 cm³/mol. The molecule has 7 heteroatoms. The Morgan fingerprint density at radius 2 is 2.00 bits per heavy atom. The first-order chi connectivity index (χ1) is 8.97. The van der Waals surface area contributed by atoms with Gasteiger partial charge < -0.3 is 9.84 Å². The Morgan fingerprint density at radius 3 is 2.53 bits per heavy atom. The average molecular weight is 281 g/mol. The molecule has 0 radical (unpaired) electrons. The van der Waals surface area contributed by atoms with Crippen LogP contribution in [0.15, 0.2) is 40.1 Å². The van der Waals surface area contributed by atoms with E-state index in [-0.39, 0.29) is 6.04 Å². The number of hydrogen-bond acceptors (Lipinski definition) is 6. The third-order valence-electron chi connectivity index (χ3n) is 2.78. The summed E-state index contributed by atoms with van der Waals surface area (Å²) in [5.41, 5.74) is 0.996. The molecule has 0 spiro atoms. The van der Waals surface area contributed by atoms with Crippen LogP contribution in [0.4, 0.5) is 0 Å². The highest BCUT2D eigenvalue weighted by atomic mass is 32.2. The Hall–Kier alpha value is -1.73. The first kappa shape index (κ1) is 13.7. The van der Waals surface area contributed by atoms with E-state index < -0.39 is 9.84 Å². The van der Waals surface area contributed by atoms with Gasteiger partial charge in [-0.05, 0) is 24.6 Å². The molecule has 2 aromatic rings. The molecule has 102 valence electrons. The zero-order valence-corrected chi connectivity index (χ0v) is 11.5. The Kier molecular flexibility index (Phi) is 3.96. The summed E-state index contributed by atoms with van der Waals surface area (Å²) >= 11 is 0. The van der Waals surface area contributed by atoms with Gasteiger partial charge >= 0.3 is 0 Å². The van der Waals surface area contributed by atoms with Gasteiger partial charge in [0.15, 0.2) is 15.7 Å². The van der Waals surface area contributed by atoms with Gasteiger partial charge in [0, 0.05) is 12.3 Å². The van der Waals surface area contributed by atoms with Crippen LogP contribution in [0, 0.1) is 0 Å². The molecule has 0 fully saturated rings. The monoisotopic (exact) mass is 281 g/mol. The standard InChI is InChI=1S/C12H15N3O3S/c1-9(13-7-12-14-8-18-15-12)10-3-5-11(6-4-10)19(2,16)17/h3-6,8-9,13H,7H2,1-2H3. The maximum absolute atomic E-state index is 11.4. The summed E-state index contributed by atoms with van der Waals surface area (Å²) < 4.78 is 27.3. The molecule has 1 unspecified atom stereocenters. The average Bonchev–Trinajstić information content (AvgIpc) is 2.88. The minimum atomic E-state index is -3.15. The molecule has 0 bridgehead atoms. The number of rotatable bonds is 5. The van der Waals surface area contributed by atoms with Crippen LogP contribution >= 0.6 is 0 Å². The van der Waals surface area contributed by atoms with Gasteiger partial charge in [-0.2, -0.15) is 4.98 Å². The minimum Gasteiger partial charge on any atom is -0.343 e. The first-order valence-electron chi connectivity index (χ1n) is 5.75. The molecule has 0 aliphatic rings. The Morgan fingerprint density at radius 1 is 1.32 bits per heavy atom. The van der Waals surface area contributed by atoms with E-state index >= 15 is 0 Å². The quantitative estimate of drug-likeness (QED) is 0.889. The van der Waals surface area contributed by atoms with Gasteiger partial charge in [-0.15, -0.1) is 0 Å². The number of sulfone groups is 1. The van der Waals surface area contributed by atoms with Gasteiger partial charge in [-0.25, -0.2) is 8.42 Å². The van der Waals surface area contributed by atoms with Gasteiger partial charge in [0.1, 0.15) is 0 Å². The minimum absolute atomic E-state index is 0.0621. The van der Waals surface area contributed by atoms with Crippen LogP contribution in [0.5, 0.6) is 0 Å². The second-order valence-corrected chi connectivity index (χ2v) is 6.31. The fourth-order valence-corrected chi connectivity index (χ4v) is 2.27. The van der Waals surface area contributed by atoms with Crippen LogP contribution in [0.1, 0.15) is 24.4 Å². The van der Waals surface area contributed by atoms with Crippen molar-refractivity contribution in [2.45, 2.75) is 24.4 Å². The summed E-state index contributed by atoms with van der Waals surface area (Å²) in [6, 6.07) is 6.87. The van der Waals surface area contributed by atoms with E-state index in [0.717, 1.165) is 5.56 Å². The molecule has 0 amide bonds.